The number of hydrogen-bond acceptors (Lipinski definition) is 5. The van der Waals surface area contributed by atoms with Crippen LogP contribution in [0.5, 0.6) is 0 Å². The van der Waals surface area contributed by atoms with Gasteiger partial charge < -0.3 is 15.0 Å². The lowest BCUT2D eigenvalue weighted by atomic mass is 10.3. The lowest BCUT2D eigenvalue weighted by Gasteiger charge is -2.28. The molecule has 1 aromatic carbocycles. The zero-order valence-corrected chi connectivity index (χ0v) is 14.7. The zero-order chi connectivity index (χ0) is 18.2. The number of ether oxygens (including phenoxy) is 1. The molecule has 9 heteroatoms. The number of nitrogens with one attached hydrogen (secondary N) is 1. The summed E-state index contributed by atoms with van der Waals surface area (Å²) >= 11 is 0.452. The molecule has 1 N–H and O–H groups in total. The van der Waals surface area contributed by atoms with Gasteiger partial charge in [-0.15, -0.1) is 0 Å². The first kappa shape index (κ1) is 19.6. The molecule has 138 valence electrons. The van der Waals surface area contributed by atoms with E-state index >= 15 is 0 Å². The number of carbonyl (C=O) groups is 2. The first-order chi connectivity index (χ1) is 11.9. The van der Waals surface area contributed by atoms with Gasteiger partial charge in [-0.3, -0.25) is 14.5 Å². The third-order valence-corrected chi connectivity index (χ3v) is 4.27. The van der Waals surface area contributed by atoms with Gasteiger partial charge in [0.25, 0.3) is 5.76 Å². The summed E-state index contributed by atoms with van der Waals surface area (Å²) in [5, 5.41) is 2.68. The first-order valence-corrected chi connectivity index (χ1v) is 8.71. The van der Waals surface area contributed by atoms with Crippen molar-refractivity contribution in [1.29, 1.82) is 0 Å². The van der Waals surface area contributed by atoms with E-state index in [-0.39, 0.29) is 24.9 Å². The maximum Gasteiger partial charge on any atom is 0.288 e. The maximum atomic E-state index is 12.3. The van der Waals surface area contributed by atoms with Crippen molar-refractivity contribution in [3.8, 4) is 0 Å². The molecule has 6 nitrogen and oxygen atoms in total. The molecule has 0 aromatic heterocycles. The summed E-state index contributed by atoms with van der Waals surface area (Å²) in [4.78, 5) is 27.9. The molecular formula is C16H21F2N3O3S. The molecule has 1 fully saturated rings. The zero-order valence-electron chi connectivity index (χ0n) is 13.9. The second kappa shape index (κ2) is 9.69. The average molecular weight is 373 g/mol. The summed E-state index contributed by atoms with van der Waals surface area (Å²) in [6.07, 6.45) is 0. The topological polar surface area (TPSA) is 61.9 Å². The minimum atomic E-state index is -2.47. The van der Waals surface area contributed by atoms with Crippen LogP contribution >= 0.6 is 11.8 Å². The van der Waals surface area contributed by atoms with Gasteiger partial charge in [-0.2, -0.15) is 8.78 Å². The molecule has 0 bridgehead atoms. The minimum absolute atomic E-state index is 0.0352. The van der Waals surface area contributed by atoms with E-state index in [0.717, 1.165) is 0 Å². The van der Waals surface area contributed by atoms with Crippen molar-refractivity contribution in [3.05, 3.63) is 24.3 Å². The van der Waals surface area contributed by atoms with Crippen LogP contribution in [0.2, 0.25) is 0 Å². The van der Waals surface area contributed by atoms with E-state index in [1.54, 1.807) is 29.0 Å². The average Bonchev–Trinajstić information content (AvgIpc) is 2.56. The number of benzene rings is 1. The third kappa shape index (κ3) is 6.97. The predicted molar refractivity (Wildman–Crippen MR) is 91.8 cm³/mol. The number of alkyl halides is 2. The second-order valence-electron chi connectivity index (χ2n) is 5.62. The summed E-state index contributed by atoms with van der Waals surface area (Å²) in [6.45, 7) is 2.43. The number of rotatable bonds is 7. The van der Waals surface area contributed by atoms with Crippen molar-refractivity contribution in [1.82, 2.24) is 9.80 Å². The molecular weight excluding hydrogens is 352 g/mol. The van der Waals surface area contributed by atoms with E-state index in [4.69, 9.17) is 4.74 Å². The lowest BCUT2D eigenvalue weighted by Crippen LogP contribution is -2.46. The Labute approximate surface area is 149 Å². The van der Waals surface area contributed by atoms with Crippen molar-refractivity contribution < 1.29 is 23.1 Å². The van der Waals surface area contributed by atoms with Crippen LogP contribution in [-0.4, -0.2) is 73.8 Å². The smallest absolute Gasteiger partial charge is 0.288 e. The molecule has 2 amide bonds. The molecule has 1 heterocycles. The van der Waals surface area contributed by atoms with Crippen LogP contribution in [0.25, 0.3) is 0 Å². The van der Waals surface area contributed by atoms with Crippen molar-refractivity contribution in [3.63, 3.8) is 0 Å². The predicted octanol–water partition coefficient (Wildman–Crippen LogP) is 1.73. The molecule has 0 spiro atoms. The summed E-state index contributed by atoms with van der Waals surface area (Å²) in [5.41, 5.74) is 0.525. The number of anilines is 1. The van der Waals surface area contributed by atoms with E-state index in [1.807, 2.05) is 0 Å². The summed E-state index contributed by atoms with van der Waals surface area (Å²) in [6, 6.07) is 6.19. The number of nitrogens with zero attached hydrogens (tertiary/aromatic N) is 2. The van der Waals surface area contributed by atoms with E-state index in [1.165, 1.54) is 12.1 Å². The molecule has 0 unspecified atom stereocenters. The molecule has 0 aliphatic carbocycles. The number of morpholine rings is 1. The monoisotopic (exact) mass is 373 g/mol. The number of thioether (sulfide) groups is 1. The molecule has 25 heavy (non-hydrogen) atoms. The molecule has 2 rings (SSSR count). The Balaban J connectivity index is 1.75. The Morgan fingerprint density at radius 3 is 2.48 bits per heavy atom. The lowest BCUT2D eigenvalue weighted by molar-refractivity contribution is -0.136. The van der Waals surface area contributed by atoms with Gasteiger partial charge in [-0.25, -0.2) is 0 Å². The van der Waals surface area contributed by atoms with Crippen molar-refractivity contribution >= 4 is 29.3 Å². The van der Waals surface area contributed by atoms with E-state index in [0.29, 0.717) is 48.6 Å². The highest BCUT2D eigenvalue weighted by molar-refractivity contribution is 7.99. The SMILES string of the molecule is CN(CC(=O)Nc1ccc(SC(F)F)cc1)CC(=O)N1CCOCC1. The Morgan fingerprint density at radius 2 is 1.88 bits per heavy atom. The maximum absolute atomic E-state index is 12.3. The highest BCUT2D eigenvalue weighted by atomic mass is 32.2. The van der Waals surface area contributed by atoms with E-state index in [9.17, 15) is 18.4 Å². The Kier molecular flexibility index (Phi) is 7.60. The number of halogens is 2. The molecule has 0 saturated carbocycles. The van der Waals surface area contributed by atoms with E-state index in [2.05, 4.69) is 5.32 Å². The first-order valence-electron chi connectivity index (χ1n) is 7.83. The Hall–Kier alpha value is -1.71. The van der Waals surface area contributed by atoms with Gasteiger partial charge in [0.15, 0.2) is 0 Å². The molecule has 1 aliphatic rings. The van der Waals surface area contributed by atoms with Gasteiger partial charge >= 0.3 is 0 Å². The molecule has 1 aromatic rings. The van der Waals surface area contributed by atoms with Gasteiger partial charge in [-0.1, -0.05) is 11.8 Å². The molecule has 0 radical (unpaired) electrons. The van der Waals surface area contributed by atoms with Gasteiger partial charge in [0.2, 0.25) is 11.8 Å². The molecule has 1 saturated heterocycles. The van der Waals surface area contributed by atoms with Crippen molar-refractivity contribution in [2.75, 3.05) is 51.8 Å². The van der Waals surface area contributed by atoms with Crippen LogP contribution in [0, 0.1) is 0 Å². The van der Waals surface area contributed by atoms with Crippen LogP contribution in [0.1, 0.15) is 0 Å². The second-order valence-corrected chi connectivity index (χ2v) is 6.68. The van der Waals surface area contributed by atoms with Crippen molar-refractivity contribution in [2.24, 2.45) is 0 Å². The standard InChI is InChI=1S/C16H21F2N3O3S/c1-20(11-15(23)21-6-8-24-9-7-21)10-14(22)19-12-2-4-13(5-3-12)25-16(17)18/h2-5,16H,6-11H2,1H3,(H,19,22). The van der Waals surface area contributed by atoms with Gasteiger partial charge in [0.05, 0.1) is 26.3 Å². The van der Waals surface area contributed by atoms with Crippen LogP contribution in [0.3, 0.4) is 0 Å². The molecule has 0 atom stereocenters. The van der Waals surface area contributed by atoms with Gasteiger partial charge in [0.1, 0.15) is 0 Å². The van der Waals surface area contributed by atoms with Crippen molar-refractivity contribution in [2.45, 2.75) is 10.7 Å². The molecule has 1 aliphatic heterocycles. The fourth-order valence-corrected chi connectivity index (χ4v) is 2.86. The van der Waals surface area contributed by atoms with E-state index < -0.39 is 5.76 Å². The number of hydrogen-bond donors (Lipinski definition) is 1. The van der Waals surface area contributed by atoms with Gasteiger partial charge in [-0.05, 0) is 31.3 Å². The largest absolute Gasteiger partial charge is 0.378 e. The normalized spacial score (nSPS) is 14.8. The fourth-order valence-electron chi connectivity index (χ4n) is 2.36. The third-order valence-electron chi connectivity index (χ3n) is 3.55. The van der Waals surface area contributed by atoms with Crippen LogP contribution in [0.15, 0.2) is 29.2 Å². The van der Waals surface area contributed by atoms with Gasteiger partial charge in [0, 0.05) is 23.7 Å². The summed E-state index contributed by atoms with van der Waals surface area (Å²) in [7, 11) is 1.69. The fraction of sp³-hybridized carbons (Fsp3) is 0.500. The Morgan fingerprint density at radius 1 is 1.24 bits per heavy atom. The minimum Gasteiger partial charge on any atom is -0.378 e. The number of carbonyl (C=O) groups excluding carboxylic acids is 2. The van der Waals surface area contributed by atoms with Crippen LogP contribution < -0.4 is 5.32 Å². The summed E-state index contributed by atoms with van der Waals surface area (Å²) < 4.78 is 29.7. The number of likely N-dealkylation sites (N-methyl/N-ethyl adjacent to an activating group) is 1. The van der Waals surface area contributed by atoms with Crippen LogP contribution in [0.4, 0.5) is 14.5 Å². The Bertz CT molecular complexity index is 580. The quantitative estimate of drug-likeness (QED) is 0.738. The highest BCUT2D eigenvalue weighted by Gasteiger charge is 2.19. The highest BCUT2D eigenvalue weighted by Crippen LogP contribution is 2.26. The van der Waals surface area contributed by atoms with Crippen LogP contribution in [-0.2, 0) is 14.3 Å². The number of amides is 2. The summed E-state index contributed by atoms with van der Waals surface area (Å²) in [5.74, 6) is -2.78.